The minimum atomic E-state index is -2.32. The lowest BCUT2D eigenvalue weighted by Crippen LogP contribution is -2.33. The zero-order chi connectivity index (χ0) is 28.8. The van der Waals surface area contributed by atoms with Crippen LogP contribution >= 0.6 is 0 Å². The molecule has 40 heavy (non-hydrogen) atoms. The van der Waals surface area contributed by atoms with Crippen molar-refractivity contribution in [2.24, 2.45) is 0 Å². The van der Waals surface area contributed by atoms with Crippen LogP contribution in [0, 0.1) is 0 Å². The summed E-state index contributed by atoms with van der Waals surface area (Å²) in [6, 6.07) is 17.5. The molecule has 2 atom stereocenters. The molecule has 210 valence electrons. The maximum absolute atomic E-state index is 11.4. The van der Waals surface area contributed by atoms with Crippen molar-refractivity contribution in [1.29, 1.82) is 0 Å². The van der Waals surface area contributed by atoms with E-state index in [1.54, 1.807) is 56.8 Å². The van der Waals surface area contributed by atoms with Gasteiger partial charge in [0.1, 0.15) is 12.4 Å². The van der Waals surface area contributed by atoms with Crippen LogP contribution in [0.2, 0.25) is 0 Å². The monoisotopic (exact) mass is 563 g/mol. The third-order valence-electron chi connectivity index (χ3n) is 6.22. The molecule has 4 aromatic rings. The van der Waals surface area contributed by atoms with Crippen LogP contribution in [0.25, 0.3) is 0 Å². The smallest absolute Gasteiger partial charge is 0.221 e. The van der Waals surface area contributed by atoms with Crippen LogP contribution in [-0.4, -0.2) is 45.6 Å². The molecule has 4 rings (SSSR count). The van der Waals surface area contributed by atoms with E-state index in [2.05, 4.69) is 9.97 Å². The second kappa shape index (κ2) is 12.5. The zero-order valence-corrected chi connectivity index (χ0v) is 23.2. The fourth-order valence-electron chi connectivity index (χ4n) is 4.26. The Morgan fingerprint density at radius 1 is 0.950 bits per heavy atom. The number of benzene rings is 3. The Bertz CT molecular complexity index is 1460. The van der Waals surface area contributed by atoms with Crippen molar-refractivity contribution in [3.63, 3.8) is 0 Å². The average molecular weight is 564 g/mol. The molecule has 0 aliphatic rings. The van der Waals surface area contributed by atoms with E-state index < -0.39 is 11.1 Å². The molecule has 0 fully saturated rings. The first kappa shape index (κ1) is 28.5. The number of nitrogens with zero attached hydrogens (tertiary/aromatic N) is 3. The van der Waals surface area contributed by atoms with Gasteiger partial charge in [0.15, 0.2) is 11.5 Å². The number of aromatic nitrogens is 2. The van der Waals surface area contributed by atoms with Gasteiger partial charge in [-0.1, -0.05) is 0 Å². The van der Waals surface area contributed by atoms with Crippen molar-refractivity contribution in [3.05, 3.63) is 78.0 Å². The highest BCUT2D eigenvalue weighted by molar-refractivity contribution is 7.79. The van der Waals surface area contributed by atoms with E-state index in [4.69, 9.17) is 31.4 Å². The van der Waals surface area contributed by atoms with Gasteiger partial charge in [0.2, 0.25) is 11.7 Å². The first-order chi connectivity index (χ1) is 19.2. The Kier molecular flexibility index (Phi) is 8.92. The van der Waals surface area contributed by atoms with Crippen LogP contribution in [0.3, 0.4) is 0 Å². The van der Waals surface area contributed by atoms with E-state index >= 15 is 0 Å². The topological polar surface area (TPSA) is 175 Å². The largest absolute Gasteiger partial charge is 0.768 e. The van der Waals surface area contributed by atoms with Gasteiger partial charge in [0.25, 0.3) is 0 Å². The van der Waals surface area contributed by atoms with E-state index in [0.717, 1.165) is 16.9 Å². The van der Waals surface area contributed by atoms with Crippen LogP contribution in [0.5, 0.6) is 17.2 Å². The molecule has 0 saturated carbocycles. The lowest BCUT2D eigenvalue weighted by Gasteiger charge is -2.32. The molecular weight excluding hydrogens is 532 g/mol. The van der Waals surface area contributed by atoms with Crippen LogP contribution < -0.4 is 36.3 Å². The fraction of sp³-hybridized carbons (Fsp3) is 0.214. The Hall–Kier alpha value is -4.55. The second-order valence-electron chi connectivity index (χ2n) is 9.00. The molecule has 0 spiro atoms. The first-order valence-electron chi connectivity index (χ1n) is 12.3. The predicted octanol–water partition coefficient (Wildman–Crippen LogP) is 3.67. The molecular formula is C28H31N6O5S-. The van der Waals surface area contributed by atoms with Crippen molar-refractivity contribution < 1.29 is 23.0 Å². The fourth-order valence-corrected chi connectivity index (χ4v) is 4.62. The summed E-state index contributed by atoms with van der Waals surface area (Å²) in [5.41, 5.74) is 21.4. The summed E-state index contributed by atoms with van der Waals surface area (Å²) in [5.74, 6) is 1.82. The molecule has 0 aliphatic carbocycles. The first-order valence-corrected chi connectivity index (χ1v) is 13.4. The van der Waals surface area contributed by atoms with Crippen molar-refractivity contribution in [2.75, 3.05) is 42.9 Å². The highest BCUT2D eigenvalue weighted by Crippen LogP contribution is 2.40. The summed E-state index contributed by atoms with van der Waals surface area (Å²) in [7, 11) is 3.11. The van der Waals surface area contributed by atoms with Crippen LogP contribution in [-0.2, 0) is 17.5 Å². The molecule has 1 heterocycles. The van der Waals surface area contributed by atoms with Gasteiger partial charge < -0.3 is 40.9 Å². The number of ether oxygens (including phenoxy) is 3. The number of rotatable bonds is 11. The number of anilines is 5. The SMILES string of the molecule is COc1cc(Cc2cnc(N)nc2N)cc(OC)c1OCC(C)N(c1ccc(N)cc1)c1ccc(S(=O)[O-])cc1. The van der Waals surface area contributed by atoms with E-state index in [1.807, 2.05) is 36.1 Å². The highest BCUT2D eigenvalue weighted by Gasteiger charge is 2.21. The summed E-state index contributed by atoms with van der Waals surface area (Å²) in [5, 5.41) is 0. The number of nitrogen functional groups attached to an aromatic ring is 3. The minimum Gasteiger partial charge on any atom is -0.768 e. The molecule has 0 bridgehead atoms. The molecule has 0 saturated heterocycles. The van der Waals surface area contributed by atoms with E-state index in [1.165, 1.54) is 0 Å². The summed E-state index contributed by atoms with van der Waals surface area (Å²) in [6.45, 7) is 2.23. The molecule has 0 radical (unpaired) electrons. The Morgan fingerprint density at radius 3 is 2.05 bits per heavy atom. The zero-order valence-electron chi connectivity index (χ0n) is 22.4. The third-order valence-corrected chi connectivity index (χ3v) is 6.88. The van der Waals surface area contributed by atoms with Crippen molar-refractivity contribution in [2.45, 2.75) is 24.3 Å². The normalized spacial score (nSPS) is 12.4. The maximum atomic E-state index is 11.4. The molecule has 0 aliphatic heterocycles. The van der Waals surface area contributed by atoms with Gasteiger partial charge >= 0.3 is 0 Å². The second-order valence-corrected chi connectivity index (χ2v) is 9.94. The lowest BCUT2D eigenvalue weighted by atomic mass is 10.1. The number of nitrogens with two attached hydrogens (primary N) is 3. The van der Waals surface area contributed by atoms with Gasteiger partial charge in [0.05, 0.1) is 20.3 Å². The summed E-state index contributed by atoms with van der Waals surface area (Å²) >= 11 is -2.32. The number of methoxy groups -OCH3 is 2. The Morgan fingerprint density at radius 2 is 1.52 bits per heavy atom. The number of hydrogen-bond donors (Lipinski definition) is 3. The summed E-state index contributed by atoms with van der Waals surface area (Å²) in [4.78, 5) is 10.3. The lowest BCUT2D eigenvalue weighted by molar-refractivity contribution is 0.260. The summed E-state index contributed by atoms with van der Waals surface area (Å²) < 4.78 is 40.3. The molecule has 3 aromatic carbocycles. The van der Waals surface area contributed by atoms with Crippen LogP contribution in [0.4, 0.5) is 28.8 Å². The van der Waals surface area contributed by atoms with Crippen molar-refractivity contribution in [3.8, 4) is 17.2 Å². The quantitative estimate of drug-likeness (QED) is 0.179. The van der Waals surface area contributed by atoms with Crippen LogP contribution in [0.1, 0.15) is 18.1 Å². The summed E-state index contributed by atoms with van der Waals surface area (Å²) in [6.07, 6.45) is 2.03. The van der Waals surface area contributed by atoms with E-state index in [0.29, 0.717) is 40.7 Å². The number of hydrogen-bond acceptors (Lipinski definition) is 11. The standard InChI is InChI=1S/C28H32N6O5S/c1-17(34(21-6-4-20(29)5-7-21)22-8-10-23(11-9-22)40(35)36)16-39-26-24(37-2)13-18(14-25(26)38-3)12-19-15-32-28(31)33-27(19)30/h4-11,13-15,17H,12,16,29H2,1-3H3,(H,35,36)(H4,30,31,32,33)/p-1. The van der Waals surface area contributed by atoms with E-state index in [9.17, 15) is 8.76 Å². The van der Waals surface area contributed by atoms with Gasteiger partial charge in [-0.25, -0.2) is 4.98 Å². The average Bonchev–Trinajstić information content (AvgIpc) is 2.94. The Labute approximate surface area is 235 Å². The minimum absolute atomic E-state index is 0.110. The highest BCUT2D eigenvalue weighted by atomic mass is 32.2. The van der Waals surface area contributed by atoms with Crippen molar-refractivity contribution >= 4 is 39.9 Å². The molecule has 1 aromatic heterocycles. The van der Waals surface area contributed by atoms with Gasteiger partial charge in [-0.15, -0.1) is 0 Å². The molecule has 0 amide bonds. The Balaban J connectivity index is 1.61. The molecule has 12 heteroatoms. The van der Waals surface area contributed by atoms with Crippen LogP contribution in [0.15, 0.2) is 71.8 Å². The van der Waals surface area contributed by atoms with Gasteiger partial charge in [-0.05, 0) is 84.2 Å². The van der Waals surface area contributed by atoms with Gasteiger partial charge in [0, 0.05) is 40.1 Å². The van der Waals surface area contributed by atoms with Crippen molar-refractivity contribution in [1.82, 2.24) is 9.97 Å². The maximum Gasteiger partial charge on any atom is 0.221 e. The third kappa shape index (κ3) is 6.53. The van der Waals surface area contributed by atoms with Gasteiger partial charge in [-0.3, -0.25) is 4.21 Å². The van der Waals surface area contributed by atoms with Gasteiger partial charge in [-0.2, -0.15) is 4.98 Å². The molecule has 2 unspecified atom stereocenters. The molecule has 6 N–H and O–H groups in total. The predicted molar refractivity (Wildman–Crippen MR) is 155 cm³/mol. The van der Waals surface area contributed by atoms with E-state index in [-0.39, 0.29) is 23.5 Å². The molecule has 11 nitrogen and oxygen atoms in total.